The molecule has 1 atom stereocenters. The Labute approximate surface area is 112 Å². The van der Waals surface area contributed by atoms with Crippen LogP contribution in [-0.2, 0) is 6.54 Å². The number of halogens is 1. The molecule has 1 fully saturated rings. The van der Waals surface area contributed by atoms with Gasteiger partial charge in [0.05, 0.1) is 6.54 Å². The van der Waals surface area contributed by atoms with Gasteiger partial charge in [0.2, 0.25) is 0 Å². The lowest BCUT2D eigenvalue weighted by Crippen LogP contribution is -2.37. The van der Waals surface area contributed by atoms with Gasteiger partial charge < -0.3 is 5.32 Å². The zero-order valence-corrected chi connectivity index (χ0v) is 11.5. The third-order valence-electron chi connectivity index (χ3n) is 2.84. The van der Waals surface area contributed by atoms with Crippen molar-refractivity contribution in [3.8, 4) is 0 Å². The van der Waals surface area contributed by atoms with Crippen LogP contribution in [0.5, 0.6) is 0 Å². The second-order valence-electron chi connectivity index (χ2n) is 4.13. The minimum absolute atomic E-state index is 0.597. The largest absolute Gasteiger partial charge is 0.362 e. The van der Waals surface area contributed by atoms with Gasteiger partial charge in [-0.05, 0) is 30.5 Å². The van der Waals surface area contributed by atoms with Crippen molar-refractivity contribution in [2.45, 2.75) is 32.4 Å². The summed E-state index contributed by atoms with van der Waals surface area (Å²) in [4.78, 5) is 4.61. The molecule has 2 nitrogen and oxygen atoms in total. The second-order valence-corrected chi connectivity index (χ2v) is 5.65. The molecule has 2 rings (SSSR count). The molecule has 1 aliphatic rings. The highest BCUT2D eigenvalue weighted by molar-refractivity contribution is 8.13. The Balaban J connectivity index is 1.93. The fourth-order valence-corrected chi connectivity index (χ4v) is 2.86. The first-order chi connectivity index (χ1) is 8.28. The van der Waals surface area contributed by atoms with Crippen LogP contribution in [0.4, 0.5) is 0 Å². The van der Waals surface area contributed by atoms with Crippen molar-refractivity contribution < 1.29 is 0 Å². The van der Waals surface area contributed by atoms with Gasteiger partial charge >= 0.3 is 0 Å². The summed E-state index contributed by atoms with van der Waals surface area (Å²) in [6, 6.07) is 8.47. The molecule has 1 unspecified atom stereocenters. The summed E-state index contributed by atoms with van der Waals surface area (Å²) in [6.07, 6.45) is 2.40. The molecule has 1 aromatic rings. The lowest BCUT2D eigenvalue weighted by molar-refractivity contribution is 0.570. The average molecular weight is 269 g/mol. The highest BCUT2D eigenvalue weighted by atomic mass is 35.5. The van der Waals surface area contributed by atoms with Crippen molar-refractivity contribution in [1.82, 2.24) is 5.32 Å². The summed E-state index contributed by atoms with van der Waals surface area (Å²) in [5.74, 6) is 1.17. The fourth-order valence-electron chi connectivity index (χ4n) is 1.74. The molecule has 92 valence electrons. The van der Waals surface area contributed by atoms with E-state index in [9.17, 15) is 0 Å². The van der Waals surface area contributed by atoms with Gasteiger partial charge in [0.1, 0.15) is 0 Å². The summed E-state index contributed by atoms with van der Waals surface area (Å²) >= 11 is 7.66. The average Bonchev–Trinajstić information content (AvgIpc) is 2.38. The Morgan fingerprint density at radius 2 is 2.18 bits per heavy atom. The van der Waals surface area contributed by atoms with Gasteiger partial charge in [0.15, 0.2) is 5.17 Å². The molecule has 0 amide bonds. The van der Waals surface area contributed by atoms with E-state index in [2.05, 4.69) is 17.2 Å². The number of rotatable bonds is 3. The van der Waals surface area contributed by atoms with E-state index in [1.807, 2.05) is 36.0 Å². The summed E-state index contributed by atoms with van der Waals surface area (Å²) in [5.41, 5.74) is 1.20. The molecule has 1 N–H and O–H groups in total. The Hall–Kier alpha value is -0.670. The van der Waals surface area contributed by atoms with E-state index in [1.165, 1.54) is 24.2 Å². The van der Waals surface area contributed by atoms with Crippen molar-refractivity contribution >= 4 is 28.5 Å². The molecule has 0 saturated carbocycles. The van der Waals surface area contributed by atoms with Crippen LogP contribution in [0.1, 0.15) is 25.3 Å². The van der Waals surface area contributed by atoms with Gasteiger partial charge in [-0.25, -0.2) is 0 Å². The highest BCUT2D eigenvalue weighted by Gasteiger charge is 2.14. The van der Waals surface area contributed by atoms with Crippen molar-refractivity contribution in [3.63, 3.8) is 0 Å². The number of thioether (sulfide) groups is 1. The van der Waals surface area contributed by atoms with E-state index < -0.39 is 0 Å². The monoisotopic (exact) mass is 268 g/mol. The molecule has 1 aromatic carbocycles. The van der Waals surface area contributed by atoms with Crippen molar-refractivity contribution in [2.75, 3.05) is 5.75 Å². The first-order valence-electron chi connectivity index (χ1n) is 5.96. The zero-order chi connectivity index (χ0) is 12.1. The minimum atomic E-state index is 0.597. The molecule has 17 heavy (non-hydrogen) atoms. The number of amidine groups is 1. The summed E-state index contributed by atoms with van der Waals surface area (Å²) in [6.45, 7) is 2.94. The van der Waals surface area contributed by atoms with Gasteiger partial charge in [-0.2, -0.15) is 0 Å². The van der Waals surface area contributed by atoms with E-state index >= 15 is 0 Å². The standard InChI is InChI=1S/C13H17ClN2S/c1-2-12-7-8-17-13(16-12)15-9-10-3-5-11(14)6-4-10/h3-6,12H,2,7-9H2,1H3,(H,15,16). The molecule has 0 aromatic heterocycles. The molecule has 1 heterocycles. The number of aliphatic imine (C=N–C) groups is 1. The maximum atomic E-state index is 5.85. The Morgan fingerprint density at radius 1 is 1.41 bits per heavy atom. The number of benzene rings is 1. The van der Waals surface area contributed by atoms with E-state index in [0.29, 0.717) is 6.04 Å². The fraction of sp³-hybridized carbons (Fsp3) is 0.462. The quantitative estimate of drug-likeness (QED) is 0.904. The molecule has 0 radical (unpaired) electrons. The van der Waals surface area contributed by atoms with Gasteiger partial charge in [-0.1, -0.05) is 42.4 Å². The molecule has 0 bridgehead atoms. The van der Waals surface area contributed by atoms with E-state index in [-0.39, 0.29) is 0 Å². The first kappa shape index (κ1) is 12.8. The molecule has 1 aliphatic heterocycles. The Morgan fingerprint density at radius 3 is 2.88 bits per heavy atom. The van der Waals surface area contributed by atoms with Gasteiger partial charge in [0, 0.05) is 16.8 Å². The molecule has 4 heteroatoms. The Bertz CT molecular complexity index is 389. The number of nitrogens with one attached hydrogen (secondary N) is 1. The topological polar surface area (TPSA) is 24.4 Å². The van der Waals surface area contributed by atoms with Crippen molar-refractivity contribution in [2.24, 2.45) is 4.99 Å². The lowest BCUT2D eigenvalue weighted by Gasteiger charge is -2.24. The maximum absolute atomic E-state index is 5.85. The second kappa shape index (κ2) is 6.31. The van der Waals surface area contributed by atoms with E-state index in [4.69, 9.17) is 11.6 Å². The number of nitrogens with zero attached hydrogens (tertiary/aromatic N) is 1. The number of hydrogen-bond donors (Lipinski definition) is 1. The van der Waals surface area contributed by atoms with E-state index in [0.717, 1.165) is 16.7 Å². The summed E-state index contributed by atoms with van der Waals surface area (Å²) in [7, 11) is 0. The van der Waals surface area contributed by atoms with Gasteiger partial charge in [-0.3, -0.25) is 4.99 Å². The first-order valence-corrected chi connectivity index (χ1v) is 7.32. The number of hydrogen-bond acceptors (Lipinski definition) is 2. The zero-order valence-electron chi connectivity index (χ0n) is 9.95. The normalized spacial score (nSPS) is 22.5. The van der Waals surface area contributed by atoms with Gasteiger partial charge in [0.25, 0.3) is 0 Å². The van der Waals surface area contributed by atoms with Crippen LogP contribution < -0.4 is 5.32 Å². The SMILES string of the molecule is CCC1CCSC(=NCc2ccc(Cl)cc2)N1. The van der Waals surface area contributed by atoms with E-state index in [1.54, 1.807) is 0 Å². The maximum Gasteiger partial charge on any atom is 0.157 e. The van der Waals surface area contributed by atoms with Crippen LogP contribution in [0.3, 0.4) is 0 Å². The lowest BCUT2D eigenvalue weighted by atomic mass is 10.2. The molecule has 0 aliphatic carbocycles. The van der Waals surface area contributed by atoms with Gasteiger partial charge in [-0.15, -0.1) is 0 Å². The molecule has 1 saturated heterocycles. The predicted octanol–water partition coefficient (Wildman–Crippen LogP) is 3.70. The Kier molecular flexibility index (Phi) is 4.75. The summed E-state index contributed by atoms with van der Waals surface area (Å²) in [5, 5.41) is 5.33. The van der Waals surface area contributed by atoms with Crippen LogP contribution in [-0.4, -0.2) is 17.0 Å². The highest BCUT2D eigenvalue weighted by Crippen LogP contribution is 2.17. The van der Waals surface area contributed by atoms with Crippen LogP contribution in [0.25, 0.3) is 0 Å². The van der Waals surface area contributed by atoms with Crippen LogP contribution in [0, 0.1) is 0 Å². The molecular weight excluding hydrogens is 252 g/mol. The minimum Gasteiger partial charge on any atom is -0.362 e. The van der Waals surface area contributed by atoms with Crippen LogP contribution in [0.2, 0.25) is 5.02 Å². The third kappa shape index (κ3) is 3.93. The van der Waals surface area contributed by atoms with Crippen molar-refractivity contribution in [1.29, 1.82) is 0 Å². The van der Waals surface area contributed by atoms with Crippen LogP contribution >= 0.6 is 23.4 Å². The molecule has 0 spiro atoms. The third-order valence-corrected chi connectivity index (χ3v) is 4.06. The predicted molar refractivity (Wildman–Crippen MR) is 76.9 cm³/mol. The molecular formula is C13H17ClN2S. The smallest absolute Gasteiger partial charge is 0.157 e. The summed E-state index contributed by atoms with van der Waals surface area (Å²) < 4.78 is 0. The van der Waals surface area contributed by atoms with Crippen LogP contribution in [0.15, 0.2) is 29.3 Å². The van der Waals surface area contributed by atoms with Crippen molar-refractivity contribution in [3.05, 3.63) is 34.9 Å².